The van der Waals surface area contributed by atoms with Crippen molar-refractivity contribution < 1.29 is 18.8 Å². The lowest BCUT2D eigenvalue weighted by atomic mass is 10.1. The average molecular weight is 326 g/mol. The molecule has 0 saturated heterocycles. The Labute approximate surface area is 136 Å². The smallest absolute Gasteiger partial charge is 0.363 e. The monoisotopic (exact) mass is 326 g/mol. The lowest BCUT2D eigenvalue weighted by Gasteiger charge is -2.01. The molecule has 120 valence electrons. The highest BCUT2D eigenvalue weighted by Crippen LogP contribution is 2.24. The molecule has 0 amide bonds. The van der Waals surface area contributed by atoms with Crippen molar-refractivity contribution in [1.29, 1.82) is 0 Å². The van der Waals surface area contributed by atoms with Crippen molar-refractivity contribution in [2.45, 2.75) is 6.92 Å². The van der Waals surface area contributed by atoms with Crippen molar-refractivity contribution in [2.24, 2.45) is 4.99 Å². The Morgan fingerprint density at radius 3 is 2.75 bits per heavy atom. The van der Waals surface area contributed by atoms with Gasteiger partial charge < -0.3 is 4.74 Å². The molecule has 0 N–H and O–H groups in total. The van der Waals surface area contributed by atoms with E-state index in [1.807, 2.05) is 0 Å². The number of hydrogen-bond acceptors (Lipinski definition) is 5. The molecule has 24 heavy (non-hydrogen) atoms. The van der Waals surface area contributed by atoms with Gasteiger partial charge in [-0.05, 0) is 36.8 Å². The molecule has 0 bridgehead atoms. The Morgan fingerprint density at radius 1 is 1.25 bits per heavy atom. The van der Waals surface area contributed by atoms with Gasteiger partial charge >= 0.3 is 5.97 Å². The van der Waals surface area contributed by atoms with Crippen molar-refractivity contribution >= 4 is 23.6 Å². The number of aryl methyl sites for hydroxylation is 1. The molecule has 0 aromatic heterocycles. The summed E-state index contributed by atoms with van der Waals surface area (Å²) in [6, 6.07) is 10.1. The van der Waals surface area contributed by atoms with Gasteiger partial charge in [0.1, 0.15) is 5.82 Å². The number of nitro groups is 1. The first-order chi connectivity index (χ1) is 11.4. The van der Waals surface area contributed by atoms with E-state index in [-0.39, 0.29) is 17.3 Å². The van der Waals surface area contributed by atoms with E-state index in [4.69, 9.17) is 4.74 Å². The van der Waals surface area contributed by atoms with Crippen LogP contribution in [0.2, 0.25) is 0 Å². The SMILES string of the molecule is Cc1ccc(C2=N/C(=C\c3cccc(F)c3)C(=O)O2)cc1[N+](=O)[O-]. The average Bonchev–Trinajstić information content (AvgIpc) is 2.88. The van der Waals surface area contributed by atoms with Crippen molar-refractivity contribution in [1.82, 2.24) is 0 Å². The van der Waals surface area contributed by atoms with E-state index in [1.165, 1.54) is 30.3 Å². The second kappa shape index (κ2) is 6.04. The highest BCUT2D eigenvalue weighted by Gasteiger charge is 2.25. The minimum absolute atomic E-state index is 0.00109. The number of nitro benzene ring substituents is 1. The van der Waals surface area contributed by atoms with Crippen LogP contribution in [0.3, 0.4) is 0 Å². The van der Waals surface area contributed by atoms with E-state index in [0.29, 0.717) is 16.7 Å². The molecule has 1 aliphatic rings. The van der Waals surface area contributed by atoms with Crippen LogP contribution in [0.15, 0.2) is 53.2 Å². The Hall–Kier alpha value is -3.35. The van der Waals surface area contributed by atoms with Gasteiger partial charge in [-0.3, -0.25) is 10.1 Å². The Bertz CT molecular complexity index is 919. The molecule has 2 aromatic rings. The summed E-state index contributed by atoms with van der Waals surface area (Å²) in [7, 11) is 0. The summed E-state index contributed by atoms with van der Waals surface area (Å²) in [5.74, 6) is -1.16. The maximum Gasteiger partial charge on any atom is 0.363 e. The predicted octanol–water partition coefficient (Wildman–Crippen LogP) is 3.39. The van der Waals surface area contributed by atoms with Crippen molar-refractivity contribution in [3.05, 3.63) is 80.8 Å². The number of carbonyl (C=O) groups excluding carboxylic acids is 1. The van der Waals surface area contributed by atoms with Crippen LogP contribution in [0, 0.1) is 22.9 Å². The van der Waals surface area contributed by atoms with E-state index in [9.17, 15) is 19.3 Å². The first-order valence-electron chi connectivity index (χ1n) is 6.97. The molecular weight excluding hydrogens is 315 g/mol. The van der Waals surface area contributed by atoms with E-state index < -0.39 is 16.7 Å². The fourth-order valence-electron chi connectivity index (χ4n) is 2.23. The highest BCUT2D eigenvalue weighted by molar-refractivity contribution is 6.13. The van der Waals surface area contributed by atoms with Crippen LogP contribution in [0.1, 0.15) is 16.7 Å². The number of aliphatic imine (C=N–C) groups is 1. The van der Waals surface area contributed by atoms with Crippen molar-refractivity contribution in [2.75, 3.05) is 0 Å². The quantitative estimate of drug-likeness (QED) is 0.375. The molecular formula is C17H11FN2O4. The van der Waals surface area contributed by atoms with Gasteiger partial charge in [-0.15, -0.1) is 0 Å². The van der Waals surface area contributed by atoms with E-state index in [0.717, 1.165) is 0 Å². The van der Waals surface area contributed by atoms with Gasteiger partial charge in [0.2, 0.25) is 5.90 Å². The van der Waals surface area contributed by atoms with Crippen molar-refractivity contribution in [3.8, 4) is 0 Å². The van der Waals surface area contributed by atoms with E-state index in [1.54, 1.807) is 25.1 Å². The lowest BCUT2D eigenvalue weighted by molar-refractivity contribution is -0.385. The summed E-state index contributed by atoms with van der Waals surface area (Å²) in [6.07, 6.45) is 1.39. The number of hydrogen-bond donors (Lipinski definition) is 0. The van der Waals surface area contributed by atoms with Crippen LogP contribution in [0.4, 0.5) is 10.1 Å². The fraction of sp³-hybridized carbons (Fsp3) is 0.0588. The standard InChI is InChI=1S/C17H11FN2O4/c1-10-5-6-12(9-15(10)20(22)23)16-19-14(17(21)24-16)8-11-3-2-4-13(18)7-11/h2-9H,1H3/b14-8-. The van der Waals surface area contributed by atoms with Crippen LogP contribution in [-0.2, 0) is 9.53 Å². The third-order valence-electron chi connectivity index (χ3n) is 3.43. The Kier molecular flexibility index (Phi) is 3.91. The fourth-order valence-corrected chi connectivity index (χ4v) is 2.23. The summed E-state index contributed by atoms with van der Waals surface area (Å²) in [4.78, 5) is 26.4. The molecule has 0 atom stereocenters. The minimum Gasteiger partial charge on any atom is -0.402 e. The number of halogens is 1. The summed E-state index contributed by atoms with van der Waals surface area (Å²) in [6.45, 7) is 1.61. The molecule has 2 aromatic carbocycles. The zero-order valence-corrected chi connectivity index (χ0v) is 12.5. The summed E-state index contributed by atoms with van der Waals surface area (Å²) in [5.41, 5.74) is 1.18. The molecule has 3 rings (SSSR count). The van der Waals surface area contributed by atoms with Gasteiger partial charge in [0.05, 0.1) is 4.92 Å². The molecule has 0 aliphatic carbocycles. The summed E-state index contributed by atoms with van der Waals surface area (Å²) in [5, 5.41) is 11.0. The first-order valence-corrected chi connectivity index (χ1v) is 6.97. The molecule has 0 unspecified atom stereocenters. The van der Waals surface area contributed by atoms with Gasteiger partial charge in [-0.25, -0.2) is 14.2 Å². The van der Waals surface area contributed by atoms with Gasteiger partial charge in [0, 0.05) is 17.2 Å². The van der Waals surface area contributed by atoms with E-state index in [2.05, 4.69) is 4.99 Å². The highest BCUT2D eigenvalue weighted by atomic mass is 19.1. The zero-order valence-electron chi connectivity index (χ0n) is 12.5. The maximum atomic E-state index is 13.2. The van der Waals surface area contributed by atoms with Gasteiger partial charge in [0.25, 0.3) is 5.69 Å². The lowest BCUT2D eigenvalue weighted by Crippen LogP contribution is -2.06. The van der Waals surface area contributed by atoms with Crippen LogP contribution >= 0.6 is 0 Å². The first kappa shape index (κ1) is 15.5. The molecule has 0 saturated carbocycles. The molecule has 0 spiro atoms. The maximum absolute atomic E-state index is 13.2. The molecule has 6 nitrogen and oxygen atoms in total. The number of cyclic esters (lactones) is 1. The number of carbonyl (C=O) groups is 1. The van der Waals surface area contributed by atoms with Crippen LogP contribution in [-0.4, -0.2) is 16.8 Å². The largest absolute Gasteiger partial charge is 0.402 e. The number of ether oxygens (including phenoxy) is 1. The predicted molar refractivity (Wildman–Crippen MR) is 84.8 cm³/mol. The molecule has 0 radical (unpaired) electrons. The molecule has 7 heteroatoms. The summed E-state index contributed by atoms with van der Waals surface area (Å²) >= 11 is 0. The zero-order chi connectivity index (χ0) is 17.3. The molecule has 0 fully saturated rings. The minimum atomic E-state index is -0.697. The van der Waals surface area contributed by atoms with Gasteiger partial charge in [-0.1, -0.05) is 18.2 Å². The van der Waals surface area contributed by atoms with Gasteiger partial charge in [0.15, 0.2) is 5.70 Å². The van der Waals surface area contributed by atoms with Gasteiger partial charge in [-0.2, -0.15) is 0 Å². The third kappa shape index (κ3) is 3.05. The topological polar surface area (TPSA) is 81.8 Å². The molecule has 1 heterocycles. The number of rotatable bonds is 3. The van der Waals surface area contributed by atoms with Crippen LogP contribution in [0.25, 0.3) is 6.08 Å². The van der Waals surface area contributed by atoms with Crippen molar-refractivity contribution in [3.63, 3.8) is 0 Å². The van der Waals surface area contributed by atoms with Crippen LogP contribution < -0.4 is 0 Å². The number of nitrogens with zero attached hydrogens (tertiary/aromatic N) is 2. The van der Waals surface area contributed by atoms with Crippen LogP contribution in [0.5, 0.6) is 0 Å². The summed E-state index contributed by atoms with van der Waals surface area (Å²) < 4.78 is 18.3. The normalized spacial score (nSPS) is 15.3. The second-order valence-electron chi connectivity index (χ2n) is 5.15. The van der Waals surface area contributed by atoms with E-state index >= 15 is 0 Å². The Balaban J connectivity index is 1.98. The molecule has 1 aliphatic heterocycles. The number of benzene rings is 2. The third-order valence-corrected chi connectivity index (χ3v) is 3.43. The number of esters is 1. The second-order valence-corrected chi connectivity index (χ2v) is 5.15. The Morgan fingerprint density at radius 2 is 2.04 bits per heavy atom.